The molecule has 0 aliphatic carbocycles. The van der Waals surface area contributed by atoms with E-state index in [0.717, 1.165) is 22.7 Å². The Hall–Kier alpha value is -6.38. The molecule has 0 unspecified atom stereocenters. The fraction of sp³-hybridized carbons (Fsp3) is 0. The molecule has 0 N–H and O–H groups in total. The molecule has 0 spiro atoms. The molecule has 1 aromatic heterocycles. The van der Waals surface area contributed by atoms with E-state index in [1.165, 1.54) is 54.8 Å². The first-order valence-corrected chi connectivity index (χ1v) is 16.4. The molecule has 2 nitrogen and oxygen atoms in total. The Morgan fingerprint density at radius 1 is 0.312 bits per heavy atom. The molecule has 0 aliphatic heterocycles. The highest BCUT2D eigenvalue weighted by molar-refractivity contribution is 6.09. The number of anilines is 3. The minimum atomic E-state index is 1.11. The van der Waals surface area contributed by atoms with Crippen molar-refractivity contribution in [2.24, 2.45) is 0 Å². The van der Waals surface area contributed by atoms with Gasteiger partial charge >= 0.3 is 0 Å². The zero-order valence-electron chi connectivity index (χ0n) is 26.4. The van der Waals surface area contributed by atoms with E-state index in [4.69, 9.17) is 0 Å². The lowest BCUT2D eigenvalue weighted by atomic mass is 10.0. The van der Waals surface area contributed by atoms with E-state index in [2.05, 4.69) is 204 Å². The second kappa shape index (κ2) is 11.8. The van der Waals surface area contributed by atoms with Gasteiger partial charge in [0.1, 0.15) is 0 Å². The quantitative estimate of drug-likeness (QED) is 0.181. The Bertz CT molecular complexity index is 2490. The maximum absolute atomic E-state index is 2.38. The van der Waals surface area contributed by atoms with Crippen LogP contribution in [0.25, 0.3) is 60.5 Å². The van der Waals surface area contributed by atoms with E-state index >= 15 is 0 Å². The Balaban J connectivity index is 1.11. The van der Waals surface area contributed by atoms with Gasteiger partial charge in [0.2, 0.25) is 0 Å². The molecule has 0 atom stereocenters. The first kappa shape index (κ1) is 27.9. The van der Waals surface area contributed by atoms with Crippen LogP contribution in [0, 0.1) is 0 Å². The predicted molar refractivity (Wildman–Crippen MR) is 204 cm³/mol. The third-order valence-electron chi connectivity index (χ3n) is 9.37. The van der Waals surface area contributed by atoms with Gasteiger partial charge in [-0.3, -0.25) is 0 Å². The summed E-state index contributed by atoms with van der Waals surface area (Å²) in [6, 6.07) is 69.9. The van der Waals surface area contributed by atoms with Crippen molar-refractivity contribution in [3.8, 4) is 27.9 Å². The van der Waals surface area contributed by atoms with Crippen LogP contribution >= 0.6 is 0 Å². The fourth-order valence-electron chi connectivity index (χ4n) is 7.02. The van der Waals surface area contributed by atoms with Crippen molar-refractivity contribution in [1.82, 2.24) is 4.57 Å². The molecule has 0 saturated heterocycles. The Labute approximate surface area is 280 Å². The molecule has 226 valence electrons. The summed E-state index contributed by atoms with van der Waals surface area (Å²) in [5.74, 6) is 0. The maximum atomic E-state index is 2.38. The monoisotopic (exact) mass is 612 g/mol. The van der Waals surface area contributed by atoms with Crippen molar-refractivity contribution >= 4 is 49.6 Å². The molecule has 8 aromatic carbocycles. The van der Waals surface area contributed by atoms with Crippen LogP contribution in [0.1, 0.15) is 0 Å². The Kier molecular flexibility index (Phi) is 6.84. The summed E-state index contributed by atoms with van der Waals surface area (Å²) in [6.07, 6.45) is 0. The SMILES string of the molecule is c1ccc(-c2ccc(N(c3ccc(-c4cccc(-n5c6ccccc6c6ccccc65)c4)cc3)c3ccc4ccccc4c3)cc2)cc1. The summed E-state index contributed by atoms with van der Waals surface area (Å²) in [7, 11) is 0. The van der Waals surface area contributed by atoms with Gasteiger partial charge in [-0.05, 0) is 93.7 Å². The van der Waals surface area contributed by atoms with Crippen LogP contribution in [0.3, 0.4) is 0 Å². The highest BCUT2D eigenvalue weighted by atomic mass is 15.1. The predicted octanol–water partition coefficient (Wildman–Crippen LogP) is 12.7. The zero-order valence-corrected chi connectivity index (χ0v) is 26.4. The zero-order chi connectivity index (χ0) is 31.9. The molecule has 48 heavy (non-hydrogen) atoms. The number of hydrogen-bond acceptors (Lipinski definition) is 1. The number of fused-ring (bicyclic) bond motifs is 4. The standard InChI is InChI=1S/C46H32N2/c1-2-11-33(12-3-1)35-21-26-39(27-22-35)47(42-30-25-34-13-4-5-14-37(34)32-42)40-28-23-36(24-29-40)38-15-10-16-41(31-38)48-45-19-8-6-17-43(45)44-18-7-9-20-46(44)48/h1-32H. The van der Waals surface area contributed by atoms with Crippen LogP contribution in [-0.4, -0.2) is 4.57 Å². The van der Waals surface area contributed by atoms with Crippen molar-refractivity contribution in [2.45, 2.75) is 0 Å². The summed E-state index contributed by atoms with van der Waals surface area (Å²) in [4.78, 5) is 2.35. The van der Waals surface area contributed by atoms with Gasteiger partial charge in [-0.1, -0.05) is 133 Å². The minimum absolute atomic E-state index is 1.11. The molecule has 0 aliphatic rings. The number of rotatable bonds is 6. The van der Waals surface area contributed by atoms with Gasteiger partial charge in [-0.25, -0.2) is 0 Å². The number of aromatic nitrogens is 1. The van der Waals surface area contributed by atoms with Gasteiger partial charge < -0.3 is 9.47 Å². The summed E-state index contributed by atoms with van der Waals surface area (Å²) >= 11 is 0. The van der Waals surface area contributed by atoms with E-state index in [1.807, 2.05) is 0 Å². The normalized spacial score (nSPS) is 11.3. The number of benzene rings is 8. The lowest BCUT2D eigenvalue weighted by Gasteiger charge is -2.26. The van der Waals surface area contributed by atoms with Crippen molar-refractivity contribution < 1.29 is 0 Å². The largest absolute Gasteiger partial charge is 0.310 e. The summed E-state index contributed by atoms with van der Waals surface area (Å²) in [6.45, 7) is 0. The van der Waals surface area contributed by atoms with Crippen molar-refractivity contribution in [1.29, 1.82) is 0 Å². The summed E-state index contributed by atoms with van der Waals surface area (Å²) in [5.41, 5.74) is 11.7. The average Bonchev–Trinajstić information content (AvgIpc) is 3.50. The molecule has 0 amide bonds. The van der Waals surface area contributed by atoms with Gasteiger partial charge in [0.25, 0.3) is 0 Å². The second-order valence-corrected chi connectivity index (χ2v) is 12.2. The van der Waals surface area contributed by atoms with Gasteiger partial charge in [0.15, 0.2) is 0 Å². The lowest BCUT2D eigenvalue weighted by Crippen LogP contribution is -2.09. The minimum Gasteiger partial charge on any atom is -0.310 e. The van der Waals surface area contributed by atoms with Crippen LogP contribution in [-0.2, 0) is 0 Å². The molecular formula is C46H32N2. The summed E-state index contributed by atoms with van der Waals surface area (Å²) in [5, 5.41) is 5.00. The number of hydrogen-bond donors (Lipinski definition) is 0. The van der Waals surface area contributed by atoms with Crippen molar-refractivity contribution in [2.75, 3.05) is 4.90 Å². The Morgan fingerprint density at radius 2 is 0.812 bits per heavy atom. The fourth-order valence-corrected chi connectivity index (χ4v) is 7.02. The Morgan fingerprint density at radius 3 is 1.48 bits per heavy atom. The third kappa shape index (κ3) is 4.92. The summed E-state index contributed by atoms with van der Waals surface area (Å²) < 4.78 is 2.38. The highest BCUT2D eigenvalue weighted by Gasteiger charge is 2.15. The number of nitrogens with zero attached hydrogens (tertiary/aromatic N) is 2. The molecule has 0 radical (unpaired) electrons. The van der Waals surface area contributed by atoms with Crippen LogP contribution in [0.5, 0.6) is 0 Å². The average molecular weight is 613 g/mol. The number of para-hydroxylation sites is 2. The molecule has 2 heteroatoms. The topological polar surface area (TPSA) is 8.17 Å². The molecule has 0 bridgehead atoms. The van der Waals surface area contributed by atoms with Crippen LogP contribution in [0.4, 0.5) is 17.1 Å². The van der Waals surface area contributed by atoms with Gasteiger partial charge in [0, 0.05) is 33.5 Å². The van der Waals surface area contributed by atoms with Crippen LogP contribution in [0.2, 0.25) is 0 Å². The molecule has 9 aromatic rings. The van der Waals surface area contributed by atoms with Gasteiger partial charge in [0.05, 0.1) is 11.0 Å². The third-order valence-corrected chi connectivity index (χ3v) is 9.37. The molecule has 0 saturated carbocycles. The van der Waals surface area contributed by atoms with Gasteiger partial charge in [-0.15, -0.1) is 0 Å². The van der Waals surface area contributed by atoms with E-state index in [9.17, 15) is 0 Å². The van der Waals surface area contributed by atoms with E-state index < -0.39 is 0 Å². The highest BCUT2D eigenvalue weighted by Crippen LogP contribution is 2.39. The van der Waals surface area contributed by atoms with Crippen molar-refractivity contribution in [3.05, 3.63) is 194 Å². The molecule has 1 heterocycles. The van der Waals surface area contributed by atoms with Crippen LogP contribution < -0.4 is 4.90 Å². The lowest BCUT2D eigenvalue weighted by molar-refractivity contribution is 1.18. The van der Waals surface area contributed by atoms with Crippen molar-refractivity contribution in [3.63, 3.8) is 0 Å². The molecule has 9 rings (SSSR count). The van der Waals surface area contributed by atoms with E-state index in [-0.39, 0.29) is 0 Å². The van der Waals surface area contributed by atoms with Crippen LogP contribution in [0.15, 0.2) is 194 Å². The first-order chi connectivity index (χ1) is 23.8. The van der Waals surface area contributed by atoms with E-state index in [0.29, 0.717) is 0 Å². The second-order valence-electron chi connectivity index (χ2n) is 12.2. The van der Waals surface area contributed by atoms with Gasteiger partial charge in [-0.2, -0.15) is 0 Å². The molecular weight excluding hydrogens is 581 g/mol. The maximum Gasteiger partial charge on any atom is 0.0541 e. The smallest absolute Gasteiger partial charge is 0.0541 e. The molecule has 0 fully saturated rings. The first-order valence-electron chi connectivity index (χ1n) is 16.4. The van der Waals surface area contributed by atoms with E-state index in [1.54, 1.807) is 0 Å².